The van der Waals surface area contributed by atoms with Crippen LogP contribution in [0.2, 0.25) is 0 Å². The number of anilines is 1. The summed E-state index contributed by atoms with van der Waals surface area (Å²) in [5, 5.41) is 14.1. The Morgan fingerprint density at radius 1 is 1.10 bits per heavy atom. The zero-order chi connectivity index (χ0) is 21.1. The number of hydrogen-bond acceptors (Lipinski definition) is 6. The number of carbonyl (C=O) groups is 2. The lowest BCUT2D eigenvalue weighted by Crippen LogP contribution is -2.48. The highest BCUT2D eigenvalue weighted by atomic mass is 16.6. The molecule has 1 amide bonds. The van der Waals surface area contributed by atoms with E-state index in [1.54, 1.807) is 36.2 Å². The average molecular weight is 397 g/mol. The molecule has 0 saturated carbocycles. The first-order valence-electron chi connectivity index (χ1n) is 9.36. The van der Waals surface area contributed by atoms with Crippen molar-refractivity contribution in [1.82, 2.24) is 4.90 Å². The minimum atomic E-state index is -0.545. The third-order valence-corrected chi connectivity index (χ3v) is 4.83. The maximum absolute atomic E-state index is 13.1. The molecule has 1 saturated heterocycles. The van der Waals surface area contributed by atoms with Gasteiger partial charge in [0.15, 0.2) is 5.78 Å². The molecule has 0 unspecified atom stereocenters. The molecular formula is C21H23N3O5. The van der Waals surface area contributed by atoms with Crippen LogP contribution in [0.15, 0.2) is 42.5 Å². The lowest BCUT2D eigenvalue weighted by Gasteiger charge is -2.35. The van der Waals surface area contributed by atoms with E-state index in [1.807, 2.05) is 13.8 Å². The van der Waals surface area contributed by atoms with Gasteiger partial charge in [0.05, 0.1) is 22.7 Å². The monoisotopic (exact) mass is 397 g/mol. The van der Waals surface area contributed by atoms with Crippen LogP contribution in [-0.2, 0) is 4.74 Å². The predicted octanol–water partition coefficient (Wildman–Crippen LogP) is 3.12. The van der Waals surface area contributed by atoms with Gasteiger partial charge >= 0.3 is 0 Å². The lowest BCUT2D eigenvalue weighted by atomic mass is 9.96. The molecule has 1 N–H and O–H groups in total. The number of carbonyl (C=O) groups excluding carboxylic acids is 2. The first kappa shape index (κ1) is 20.5. The first-order valence-corrected chi connectivity index (χ1v) is 9.36. The molecule has 29 heavy (non-hydrogen) atoms. The fraction of sp³-hybridized carbons (Fsp3) is 0.333. The van der Waals surface area contributed by atoms with E-state index in [2.05, 4.69) is 5.32 Å². The molecule has 1 heterocycles. The van der Waals surface area contributed by atoms with Crippen LogP contribution in [0.4, 0.5) is 11.4 Å². The minimum Gasteiger partial charge on any atom is -0.383 e. The number of ether oxygens (including phenoxy) is 1. The molecule has 8 nitrogen and oxygen atoms in total. The molecular weight excluding hydrogens is 374 g/mol. The minimum absolute atomic E-state index is 0.0951. The van der Waals surface area contributed by atoms with Crippen molar-refractivity contribution < 1.29 is 19.2 Å². The number of nitro benzene ring substituents is 1. The highest BCUT2D eigenvalue weighted by Gasteiger charge is 2.29. The topological polar surface area (TPSA) is 102 Å². The fourth-order valence-electron chi connectivity index (χ4n) is 3.57. The van der Waals surface area contributed by atoms with Gasteiger partial charge in [-0.2, -0.15) is 0 Å². The normalized spacial score (nSPS) is 18.9. The van der Waals surface area contributed by atoms with Crippen molar-refractivity contribution in [3.8, 4) is 0 Å². The Kier molecular flexibility index (Phi) is 5.93. The van der Waals surface area contributed by atoms with Crippen molar-refractivity contribution >= 4 is 23.1 Å². The number of nitrogens with zero attached hydrogens (tertiary/aromatic N) is 2. The number of rotatable bonds is 5. The molecule has 0 spiro atoms. The number of benzene rings is 2. The van der Waals surface area contributed by atoms with Crippen LogP contribution in [0.5, 0.6) is 0 Å². The molecule has 1 fully saturated rings. The van der Waals surface area contributed by atoms with Gasteiger partial charge in [-0.05, 0) is 32.0 Å². The maximum Gasteiger partial charge on any atom is 0.293 e. The van der Waals surface area contributed by atoms with Crippen molar-refractivity contribution in [2.45, 2.75) is 26.1 Å². The summed E-state index contributed by atoms with van der Waals surface area (Å²) < 4.78 is 5.68. The molecule has 0 aliphatic carbocycles. The van der Waals surface area contributed by atoms with Crippen LogP contribution in [0.1, 0.15) is 40.1 Å². The van der Waals surface area contributed by atoms with Crippen LogP contribution >= 0.6 is 0 Å². The summed E-state index contributed by atoms with van der Waals surface area (Å²) in [5.74, 6) is -0.689. The summed E-state index contributed by atoms with van der Waals surface area (Å²) in [4.78, 5) is 38.7. The number of hydrogen-bond donors (Lipinski definition) is 1. The Morgan fingerprint density at radius 3 is 2.31 bits per heavy atom. The van der Waals surface area contributed by atoms with Crippen LogP contribution in [-0.4, -0.2) is 53.9 Å². The molecule has 8 heteroatoms. The van der Waals surface area contributed by atoms with E-state index in [-0.39, 0.29) is 40.5 Å². The van der Waals surface area contributed by atoms with E-state index >= 15 is 0 Å². The van der Waals surface area contributed by atoms with Crippen molar-refractivity contribution in [2.75, 3.05) is 25.5 Å². The molecule has 0 bridgehead atoms. The second kappa shape index (κ2) is 8.40. The Bertz CT molecular complexity index is 949. The van der Waals surface area contributed by atoms with Crippen LogP contribution < -0.4 is 5.32 Å². The molecule has 2 atom stereocenters. The van der Waals surface area contributed by atoms with Crippen molar-refractivity contribution in [3.05, 3.63) is 69.3 Å². The number of morpholine rings is 1. The molecule has 3 rings (SSSR count). The van der Waals surface area contributed by atoms with E-state index in [1.165, 1.54) is 18.2 Å². The van der Waals surface area contributed by atoms with Gasteiger partial charge in [0.25, 0.3) is 11.6 Å². The number of ketones is 1. The molecule has 2 aromatic rings. The van der Waals surface area contributed by atoms with Gasteiger partial charge in [0, 0.05) is 37.3 Å². The second-order valence-corrected chi connectivity index (χ2v) is 7.08. The van der Waals surface area contributed by atoms with Crippen molar-refractivity contribution in [3.63, 3.8) is 0 Å². The van der Waals surface area contributed by atoms with Gasteiger partial charge < -0.3 is 15.0 Å². The van der Waals surface area contributed by atoms with E-state index < -0.39 is 10.7 Å². The van der Waals surface area contributed by atoms with Gasteiger partial charge in [-0.1, -0.05) is 18.2 Å². The Morgan fingerprint density at radius 2 is 1.72 bits per heavy atom. The average Bonchev–Trinajstić information content (AvgIpc) is 2.71. The first-order chi connectivity index (χ1) is 13.8. The number of nitro groups is 1. The van der Waals surface area contributed by atoms with E-state index in [4.69, 9.17) is 4.74 Å². The largest absolute Gasteiger partial charge is 0.383 e. The second-order valence-electron chi connectivity index (χ2n) is 7.08. The standard InChI is InChI=1S/C21H23N3O5/c1-13-11-23(12-14(2)29-13)21(26)17-7-5-4-6-16(17)20(25)15-8-9-18(22-3)19(10-15)24(27)28/h4-10,13-14,22H,11-12H2,1-3H3/t13-,14-/m0/s1. The smallest absolute Gasteiger partial charge is 0.293 e. The molecule has 2 aromatic carbocycles. The van der Waals surface area contributed by atoms with Gasteiger partial charge in [-0.15, -0.1) is 0 Å². The molecule has 1 aliphatic heterocycles. The van der Waals surface area contributed by atoms with Crippen LogP contribution in [0.3, 0.4) is 0 Å². The maximum atomic E-state index is 13.1. The van der Waals surface area contributed by atoms with Gasteiger partial charge in [-0.25, -0.2) is 0 Å². The molecule has 0 radical (unpaired) electrons. The van der Waals surface area contributed by atoms with Crippen LogP contribution in [0.25, 0.3) is 0 Å². The summed E-state index contributed by atoms with van der Waals surface area (Å²) in [5.41, 5.74) is 0.764. The van der Waals surface area contributed by atoms with Crippen molar-refractivity contribution in [1.29, 1.82) is 0 Å². The molecule has 1 aliphatic rings. The highest BCUT2D eigenvalue weighted by molar-refractivity contribution is 6.15. The van der Waals surface area contributed by atoms with E-state index in [9.17, 15) is 19.7 Å². The summed E-state index contributed by atoms with van der Waals surface area (Å²) >= 11 is 0. The molecule has 0 aromatic heterocycles. The van der Waals surface area contributed by atoms with Crippen LogP contribution in [0, 0.1) is 10.1 Å². The SMILES string of the molecule is CNc1ccc(C(=O)c2ccccc2C(=O)N2C[C@H](C)O[C@@H](C)C2)cc1[N+](=O)[O-]. The predicted molar refractivity (Wildman–Crippen MR) is 108 cm³/mol. The Labute approximate surface area is 168 Å². The summed E-state index contributed by atoms with van der Waals surface area (Å²) in [7, 11) is 1.57. The number of amides is 1. The Balaban J connectivity index is 1.96. The van der Waals surface area contributed by atoms with Gasteiger partial charge in [0.2, 0.25) is 0 Å². The van der Waals surface area contributed by atoms with Gasteiger partial charge in [0.1, 0.15) is 5.69 Å². The summed E-state index contributed by atoms with van der Waals surface area (Å²) in [6, 6.07) is 10.8. The highest BCUT2D eigenvalue weighted by Crippen LogP contribution is 2.27. The third kappa shape index (κ3) is 4.27. The zero-order valence-electron chi connectivity index (χ0n) is 16.5. The van der Waals surface area contributed by atoms with Gasteiger partial charge in [-0.3, -0.25) is 19.7 Å². The molecule has 152 valence electrons. The summed E-state index contributed by atoms with van der Waals surface area (Å²) in [6.45, 7) is 4.67. The van der Waals surface area contributed by atoms with E-state index in [0.717, 1.165) is 0 Å². The quantitative estimate of drug-likeness (QED) is 0.472. The van der Waals surface area contributed by atoms with Crippen molar-refractivity contribution in [2.24, 2.45) is 0 Å². The lowest BCUT2D eigenvalue weighted by molar-refractivity contribution is -0.384. The number of nitrogens with one attached hydrogen (secondary N) is 1. The Hall–Kier alpha value is -3.26. The third-order valence-electron chi connectivity index (χ3n) is 4.83. The zero-order valence-corrected chi connectivity index (χ0v) is 16.5. The fourth-order valence-corrected chi connectivity index (χ4v) is 3.57. The van der Waals surface area contributed by atoms with E-state index in [0.29, 0.717) is 18.8 Å². The summed E-state index contributed by atoms with van der Waals surface area (Å²) in [6.07, 6.45) is -0.190.